The highest BCUT2D eigenvalue weighted by molar-refractivity contribution is 7.99. The van der Waals surface area contributed by atoms with Crippen LogP contribution in [0.5, 0.6) is 0 Å². The third-order valence-electron chi connectivity index (χ3n) is 6.09. The molecule has 170 valence electrons. The molecule has 0 aliphatic carbocycles. The number of nitrogens with one attached hydrogen (secondary N) is 2. The van der Waals surface area contributed by atoms with Crippen LogP contribution in [0, 0.1) is 17.6 Å². The molecule has 3 heterocycles. The topological polar surface area (TPSA) is 96.2 Å². The van der Waals surface area contributed by atoms with Gasteiger partial charge in [-0.2, -0.15) is 0 Å². The lowest BCUT2D eigenvalue weighted by Crippen LogP contribution is -2.61. The second-order valence-corrected chi connectivity index (χ2v) is 9.32. The van der Waals surface area contributed by atoms with Crippen molar-refractivity contribution in [2.45, 2.75) is 11.0 Å². The van der Waals surface area contributed by atoms with Crippen LogP contribution in [-0.2, 0) is 5.54 Å². The molecule has 4 N–H and O–H groups in total. The fourth-order valence-electron chi connectivity index (χ4n) is 4.52. The first kappa shape index (κ1) is 21.6. The Hall–Kier alpha value is -3.24. The van der Waals surface area contributed by atoms with Gasteiger partial charge in [0.05, 0.1) is 17.9 Å². The molecule has 10 heteroatoms. The minimum Gasteiger partial charge on any atom is -0.399 e. The van der Waals surface area contributed by atoms with Gasteiger partial charge >= 0.3 is 0 Å². The van der Waals surface area contributed by atoms with E-state index in [2.05, 4.69) is 20.6 Å². The average molecular weight is 469 g/mol. The van der Waals surface area contributed by atoms with Gasteiger partial charge in [-0.15, -0.1) is 11.8 Å². The number of thioether (sulfide) groups is 1. The van der Waals surface area contributed by atoms with E-state index < -0.39 is 16.9 Å². The minimum absolute atomic E-state index is 0.0302. The second kappa shape index (κ2) is 8.60. The molecule has 0 saturated carbocycles. The van der Waals surface area contributed by atoms with Crippen LogP contribution in [0.1, 0.15) is 15.9 Å². The third kappa shape index (κ3) is 4.11. The summed E-state index contributed by atoms with van der Waals surface area (Å²) in [5.74, 6) is -0.144. The predicted molar refractivity (Wildman–Crippen MR) is 123 cm³/mol. The molecule has 1 aromatic heterocycles. The number of amides is 1. The van der Waals surface area contributed by atoms with Gasteiger partial charge in [0.15, 0.2) is 5.82 Å². The van der Waals surface area contributed by atoms with Crippen molar-refractivity contribution in [3.63, 3.8) is 0 Å². The number of halogens is 2. The van der Waals surface area contributed by atoms with Gasteiger partial charge in [-0.05, 0) is 30.3 Å². The van der Waals surface area contributed by atoms with Crippen molar-refractivity contribution in [3.05, 3.63) is 83.7 Å². The van der Waals surface area contributed by atoms with E-state index in [4.69, 9.17) is 5.73 Å². The molecule has 2 aliphatic rings. The Kier molecular flexibility index (Phi) is 5.63. The number of carbonyl (C=O) groups is 1. The highest BCUT2D eigenvalue weighted by Gasteiger charge is 2.53. The van der Waals surface area contributed by atoms with Crippen LogP contribution in [0.15, 0.2) is 60.9 Å². The van der Waals surface area contributed by atoms with E-state index in [1.54, 1.807) is 42.1 Å². The van der Waals surface area contributed by atoms with Gasteiger partial charge in [0.1, 0.15) is 11.3 Å². The summed E-state index contributed by atoms with van der Waals surface area (Å²) in [5, 5.41) is 6.49. The van der Waals surface area contributed by atoms with E-state index in [9.17, 15) is 9.18 Å². The Labute approximate surface area is 193 Å². The fraction of sp³-hybridized carbons (Fsp3) is 0.261. The Morgan fingerprint density at radius 2 is 1.94 bits per heavy atom. The molecule has 2 aliphatic heterocycles. The number of nitrogen functional groups attached to an aromatic ring is 1. The summed E-state index contributed by atoms with van der Waals surface area (Å²) in [6.07, 6.45) is 2.23. The Morgan fingerprint density at radius 1 is 1.18 bits per heavy atom. The van der Waals surface area contributed by atoms with Gasteiger partial charge in [-0.1, -0.05) is 18.2 Å². The number of carbonyl (C=O) groups excluding carboxylic acids is 1. The normalized spacial score (nSPS) is 24.4. The molecule has 0 bridgehead atoms. The van der Waals surface area contributed by atoms with Crippen LogP contribution < -0.4 is 21.3 Å². The van der Waals surface area contributed by atoms with Gasteiger partial charge in [-0.3, -0.25) is 10.1 Å². The largest absolute Gasteiger partial charge is 0.399 e. The number of rotatable bonds is 4. The van der Waals surface area contributed by atoms with E-state index >= 15 is 4.39 Å². The number of benzene rings is 2. The zero-order valence-electron chi connectivity index (χ0n) is 17.5. The van der Waals surface area contributed by atoms with Crippen LogP contribution in [0.3, 0.4) is 0 Å². The lowest BCUT2D eigenvalue weighted by molar-refractivity contribution is 0.0933. The molecule has 0 radical (unpaired) electrons. The SMILES string of the molecule is Nc1ccc(F)c([C@]23CN(c4ncc(F)cn4)C[C@H]2CSC(NC(=O)c2ccccc2)N3)c1. The molecule has 2 saturated heterocycles. The van der Waals surface area contributed by atoms with Gasteiger partial charge in [0, 0.05) is 41.6 Å². The van der Waals surface area contributed by atoms with E-state index in [0.29, 0.717) is 41.6 Å². The average Bonchev–Trinajstić information content (AvgIpc) is 3.21. The van der Waals surface area contributed by atoms with Gasteiger partial charge in [-0.25, -0.2) is 18.7 Å². The summed E-state index contributed by atoms with van der Waals surface area (Å²) in [6.45, 7) is 0.876. The zero-order chi connectivity index (χ0) is 23.0. The summed E-state index contributed by atoms with van der Waals surface area (Å²) in [5.41, 5.74) is 6.13. The van der Waals surface area contributed by atoms with Gasteiger partial charge in [0.2, 0.25) is 5.95 Å². The lowest BCUT2D eigenvalue weighted by Gasteiger charge is -2.43. The predicted octanol–water partition coefficient (Wildman–Crippen LogP) is 2.72. The molecule has 1 unspecified atom stereocenters. The monoisotopic (exact) mass is 468 g/mol. The molecule has 5 rings (SSSR count). The lowest BCUT2D eigenvalue weighted by atomic mass is 9.80. The van der Waals surface area contributed by atoms with Crippen molar-refractivity contribution in [2.24, 2.45) is 5.92 Å². The van der Waals surface area contributed by atoms with Crippen molar-refractivity contribution in [1.82, 2.24) is 20.6 Å². The highest BCUT2D eigenvalue weighted by Crippen LogP contribution is 2.45. The number of nitrogens with zero attached hydrogens (tertiary/aromatic N) is 3. The molecule has 7 nitrogen and oxygen atoms in total. The van der Waals surface area contributed by atoms with Crippen LogP contribution in [0.25, 0.3) is 0 Å². The van der Waals surface area contributed by atoms with E-state index in [1.807, 2.05) is 11.0 Å². The maximum Gasteiger partial charge on any atom is 0.253 e. The quantitative estimate of drug-likeness (QED) is 0.507. The van der Waals surface area contributed by atoms with Crippen molar-refractivity contribution >= 4 is 29.3 Å². The summed E-state index contributed by atoms with van der Waals surface area (Å²) in [6, 6.07) is 13.4. The summed E-state index contributed by atoms with van der Waals surface area (Å²) >= 11 is 1.54. The number of fused-ring (bicyclic) bond motifs is 1. The number of hydrogen-bond donors (Lipinski definition) is 3. The highest BCUT2D eigenvalue weighted by atomic mass is 32.2. The maximum atomic E-state index is 15.1. The Bertz CT molecular complexity index is 1170. The van der Waals surface area contributed by atoms with Crippen molar-refractivity contribution in [1.29, 1.82) is 0 Å². The smallest absolute Gasteiger partial charge is 0.253 e. The van der Waals surface area contributed by atoms with E-state index in [-0.39, 0.29) is 17.6 Å². The maximum absolute atomic E-state index is 15.1. The Balaban J connectivity index is 1.48. The summed E-state index contributed by atoms with van der Waals surface area (Å²) in [4.78, 5) is 22.9. The number of hydrogen-bond acceptors (Lipinski definition) is 7. The number of nitrogens with two attached hydrogens (primary N) is 1. The molecule has 0 spiro atoms. The van der Waals surface area contributed by atoms with Gasteiger partial charge < -0.3 is 16.0 Å². The van der Waals surface area contributed by atoms with Crippen LogP contribution >= 0.6 is 11.8 Å². The molecule has 33 heavy (non-hydrogen) atoms. The Morgan fingerprint density at radius 3 is 2.70 bits per heavy atom. The first-order valence-corrected chi connectivity index (χ1v) is 11.5. The second-order valence-electron chi connectivity index (χ2n) is 8.19. The van der Waals surface area contributed by atoms with Crippen LogP contribution in [-0.4, -0.2) is 40.2 Å². The first-order valence-electron chi connectivity index (χ1n) is 10.5. The molecule has 1 amide bonds. The number of aromatic nitrogens is 2. The zero-order valence-corrected chi connectivity index (χ0v) is 18.4. The third-order valence-corrected chi connectivity index (χ3v) is 7.25. The molecule has 2 aromatic carbocycles. The van der Waals surface area contributed by atoms with Gasteiger partial charge in [0.25, 0.3) is 5.91 Å². The molecular weight excluding hydrogens is 446 g/mol. The van der Waals surface area contributed by atoms with Crippen molar-refractivity contribution < 1.29 is 13.6 Å². The van der Waals surface area contributed by atoms with E-state index in [0.717, 1.165) is 12.4 Å². The summed E-state index contributed by atoms with van der Waals surface area (Å²) in [7, 11) is 0. The minimum atomic E-state index is -0.850. The first-order chi connectivity index (χ1) is 15.9. The fourth-order valence-corrected chi connectivity index (χ4v) is 5.82. The van der Waals surface area contributed by atoms with Crippen molar-refractivity contribution in [2.75, 3.05) is 29.5 Å². The standard InChI is InChI=1S/C23H22F2N6OS/c24-16-9-27-21(28-10-16)31-11-15-12-33-22(29-20(32)14-4-2-1-3-5-14)30-23(15,13-31)18-8-17(26)6-7-19(18)25/h1-10,15,22,30H,11-13,26H2,(H,29,32)/t15-,22?,23-/m0/s1. The molecule has 3 atom stereocenters. The van der Waals surface area contributed by atoms with Crippen LogP contribution in [0.4, 0.5) is 20.4 Å². The molecular formula is C23H22F2N6OS. The summed E-state index contributed by atoms with van der Waals surface area (Å²) < 4.78 is 28.5. The van der Waals surface area contributed by atoms with E-state index in [1.165, 1.54) is 12.1 Å². The molecule has 2 fully saturated rings. The van der Waals surface area contributed by atoms with Crippen LogP contribution in [0.2, 0.25) is 0 Å². The van der Waals surface area contributed by atoms with Crippen molar-refractivity contribution in [3.8, 4) is 0 Å². The molecule has 3 aromatic rings. The number of anilines is 2.